The molecule has 0 aliphatic rings. The minimum atomic E-state index is -0.554. The molecule has 1 heterocycles. The van der Waals surface area contributed by atoms with Crippen LogP contribution in [0.15, 0.2) is 66.7 Å². The molecule has 0 saturated carbocycles. The van der Waals surface area contributed by atoms with Gasteiger partial charge in [0.1, 0.15) is 5.82 Å². The third-order valence-electron chi connectivity index (χ3n) is 4.92. The summed E-state index contributed by atoms with van der Waals surface area (Å²) in [6.45, 7) is 3.53. The van der Waals surface area contributed by atoms with Gasteiger partial charge in [-0.1, -0.05) is 48.5 Å². The number of ether oxygens (including phenoxy) is 1. The third kappa shape index (κ3) is 4.07. The van der Waals surface area contributed by atoms with Crippen LogP contribution in [0.1, 0.15) is 21.7 Å². The Labute approximate surface area is 173 Å². The van der Waals surface area contributed by atoms with Gasteiger partial charge in [0.15, 0.2) is 6.61 Å². The highest BCUT2D eigenvalue weighted by Gasteiger charge is 2.12. The number of imidazole rings is 1. The Bertz CT molecular complexity index is 1200. The summed E-state index contributed by atoms with van der Waals surface area (Å²) in [5.41, 5.74) is 3.87. The Morgan fingerprint density at radius 2 is 1.70 bits per heavy atom. The number of hydrogen-bond acceptors (Lipinski definition) is 4. The molecule has 0 bridgehead atoms. The van der Waals surface area contributed by atoms with Gasteiger partial charge < -0.3 is 15.0 Å². The molecule has 0 spiro atoms. The minimum absolute atomic E-state index is 0.361. The maximum Gasteiger partial charge on any atom is 0.338 e. The quantitative estimate of drug-likeness (QED) is 0.479. The summed E-state index contributed by atoms with van der Waals surface area (Å²) in [5, 5.41) is 4.75. The average Bonchev–Trinajstić information content (AvgIpc) is 3.11. The van der Waals surface area contributed by atoms with Gasteiger partial charge in [0.2, 0.25) is 0 Å². The van der Waals surface area contributed by atoms with Crippen LogP contribution >= 0.6 is 0 Å². The van der Waals surface area contributed by atoms with Crippen LogP contribution in [0.3, 0.4) is 0 Å². The van der Waals surface area contributed by atoms with E-state index in [0.29, 0.717) is 11.3 Å². The van der Waals surface area contributed by atoms with Gasteiger partial charge in [0.05, 0.1) is 11.3 Å². The highest BCUT2D eigenvalue weighted by Crippen LogP contribution is 2.23. The molecule has 0 saturated heterocycles. The number of benzene rings is 3. The van der Waals surface area contributed by atoms with Crippen LogP contribution in [0.4, 0.5) is 5.69 Å². The van der Waals surface area contributed by atoms with E-state index >= 15 is 0 Å². The summed E-state index contributed by atoms with van der Waals surface area (Å²) in [4.78, 5) is 32.2. The molecular formula is C24H21N3O3. The van der Waals surface area contributed by atoms with Gasteiger partial charge in [-0.2, -0.15) is 0 Å². The van der Waals surface area contributed by atoms with E-state index in [1.807, 2.05) is 56.3 Å². The Kier molecular flexibility index (Phi) is 5.30. The number of esters is 1. The first kappa shape index (κ1) is 19.4. The molecule has 6 nitrogen and oxygen atoms in total. The summed E-state index contributed by atoms with van der Waals surface area (Å²) >= 11 is 0. The second-order valence-corrected chi connectivity index (χ2v) is 7.02. The molecule has 6 heteroatoms. The highest BCUT2D eigenvalue weighted by atomic mass is 16.5. The first-order chi connectivity index (χ1) is 14.5. The summed E-state index contributed by atoms with van der Waals surface area (Å²) in [5.74, 6) is -0.196. The van der Waals surface area contributed by atoms with Gasteiger partial charge in [-0.15, -0.1) is 0 Å². The number of aromatic amines is 1. The van der Waals surface area contributed by atoms with Crippen LogP contribution in [-0.4, -0.2) is 28.5 Å². The highest BCUT2D eigenvalue weighted by molar-refractivity contribution is 6.03. The number of H-pyrrole nitrogens is 1. The number of nitrogens with zero attached hydrogens (tertiary/aromatic N) is 1. The molecule has 150 valence electrons. The second-order valence-electron chi connectivity index (χ2n) is 7.02. The number of fused-ring (bicyclic) bond motifs is 1. The number of nitrogens with one attached hydrogen (secondary N) is 2. The average molecular weight is 399 g/mol. The first-order valence-electron chi connectivity index (χ1n) is 9.59. The molecule has 4 rings (SSSR count). The molecule has 1 aromatic heterocycles. The van der Waals surface area contributed by atoms with Crippen LogP contribution in [0.25, 0.3) is 22.2 Å². The van der Waals surface area contributed by atoms with Crippen LogP contribution in [-0.2, 0) is 9.53 Å². The Morgan fingerprint density at radius 1 is 0.967 bits per heavy atom. The van der Waals surface area contributed by atoms with Gasteiger partial charge in [-0.05, 0) is 37.4 Å². The van der Waals surface area contributed by atoms with Crippen molar-refractivity contribution < 1.29 is 14.3 Å². The Hall–Kier alpha value is -3.93. The lowest BCUT2D eigenvalue weighted by atomic mass is 10.1. The summed E-state index contributed by atoms with van der Waals surface area (Å²) < 4.78 is 5.17. The van der Waals surface area contributed by atoms with Crippen molar-refractivity contribution in [3.8, 4) is 11.4 Å². The van der Waals surface area contributed by atoms with Crippen molar-refractivity contribution in [3.05, 3.63) is 83.7 Å². The van der Waals surface area contributed by atoms with Gasteiger partial charge in [-0.25, -0.2) is 9.78 Å². The molecule has 0 unspecified atom stereocenters. The number of aromatic nitrogens is 2. The topological polar surface area (TPSA) is 84.1 Å². The number of aryl methyl sites for hydroxylation is 2. The van der Waals surface area contributed by atoms with E-state index in [4.69, 9.17) is 4.74 Å². The van der Waals surface area contributed by atoms with Crippen molar-refractivity contribution in [1.29, 1.82) is 0 Å². The van der Waals surface area contributed by atoms with Crippen molar-refractivity contribution in [2.24, 2.45) is 0 Å². The number of amides is 1. The summed E-state index contributed by atoms with van der Waals surface area (Å²) in [6.07, 6.45) is 0. The maximum absolute atomic E-state index is 12.3. The molecule has 0 atom stereocenters. The van der Waals surface area contributed by atoms with Crippen molar-refractivity contribution in [2.75, 3.05) is 11.9 Å². The van der Waals surface area contributed by atoms with Crippen molar-refractivity contribution >= 4 is 28.3 Å². The molecule has 30 heavy (non-hydrogen) atoms. The van der Waals surface area contributed by atoms with E-state index in [1.54, 1.807) is 24.3 Å². The minimum Gasteiger partial charge on any atom is -0.452 e. The van der Waals surface area contributed by atoms with Gasteiger partial charge in [0, 0.05) is 22.3 Å². The van der Waals surface area contributed by atoms with Gasteiger partial charge in [-0.3, -0.25) is 4.79 Å². The molecule has 0 aliphatic carbocycles. The first-order valence-corrected chi connectivity index (χ1v) is 9.59. The SMILES string of the molecule is Cc1nc(-c2ccc(C(=O)OCC(=O)Nc3cccc4ccccc34)cc2)[nH]c1C. The van der Waals surface area contributed by atoms with Crippen LogP contribution in [0, 0.1) is 13.8 Å². The summed E-state index contributed by atoms with van der Waals surface area (Å²) in [6, 6.07) is 20.3. The third-order valence-corrected chi connectivity index (χ3v) is 4.92. The van der Waals surface area contributed by atoms with E-state index in [-0.39, 0.29) is 6.61 Å². The van der Waals surface area contributed by atoms with Gasteiger partial charge >= 0.3 is 5.97 Å². The fraction of sp³-hybridized carbons (Fsp3) is 0.125. The molecule has 3 aromatic carbocycles. The molecular weight excluding hydrogens is 378 g/mol. The van der Waals surface area contributed by atoms with Crippen LogP contribution in [0.2, 0.25) is 0 Å². The number of hydrogen-bond donors (Lipinski definition) is 2. The zero-order valence-electron chi connectivity index (χ0n) is 16.7. The smallest absolute Gasteiger partial charge is 0.338 e. The Morgan fingerprint density at radius 3 is 2.43 bits per heavy atom. The zero-order chi connectivity index (χ0) is 21.1. The van der Waals surface area contributed by atoms with E-state index in [1.165, 1.54) is 0 Å². The van der Waals surface area contributed by atoms with Crippen LogP contribution < -0.4 is 5.32 Å². The molecule has 0 fully saturated rings. The molecule has 0 radical (unpaired) electrons. The lowest BCUT2D eigenvalue weighted by Crippen LogP contribution is -2.21. The van der Waals surface area contributed by atoms with E-state index < -0.39 is 11.9 Å². The molecule has 1 amide bonds. The monoisotopic (exact) mass is 399 g/mol. The number of carbonyl (C=O) groups is 2. The standard InChI is InChI=1S/C24H21N3O3/c1-15-16(2)26-23(25-15)18-10-12-19(13-11-18)24(29)30-14-22(28)27-21-9-5-7-17-6-3-4-8-20(17)21/h3-13H,14H2,1-2H3,(H,25,26)(H,27,28). The van der Waals surface area contributed by atoms with Crippen molar-refractivity contribution in [1.82, 2.24) is 9.97 Å². The summed E-state index contributed by atoms with van der Waals surface area (Å²) in [7, 11) is 0. The Balaban J connectivity index is 1.37. The fourth-order valence-corrected chi connectivity index (χ4v) is 3.18. The lowest BCUT2D eigenvalue weighted by Gasteiger charge is -2.09. The van der Waals surface area contributed by atoms with Crippen LogP contribution in [0.5, 0.6) is 0 Å². The van der Waals surface area contributed by atoms with E-state index in [9.17, 15) is 9.59 Å². The zero-order valence-corrected chi connectivity index (χ0v) is 16.7. The number of carbonyl (C=O) groups excluding carboxylic acids is 2. The van der Waals surface area contributed by atoms with Crippen molar-refractivity contribution in [3.63, 3.8) is 0 Å². The van der Waals surface area contributed by atoms with E-state index in [0.717, 1.165) is 33.5 Å². The molecule has 4 aromatic rings. The number of anilines is 1. The fourth-order valence-electron chi connectivity index (χ4n) is 3.18. The second kappa shape index (κ2) is 8.21. The molecule has 0 aliphatic heterocycles. The van der Waals surface area contributed by atoms with Gasteiger partial charge in [0.25, 0.3) is 5.91 Å². The normalized spacial score (nSPS) is 10.7. The lowest BCUT2D eigenvalue weighted by molar-refractivity contribution is -0.119. The molecule has 2 N–H and O–H groups in total. The maximum atomic E-state index is 12.3. The number of rotatable bonds is 5. The largest absolute Gasteiger partial charge is 0.452 e. The predicted molar refractivity (Wildman–Crippen MR) is 116 cm³/mol. The predicted octanol–water partition coefficient (Wildman–Crippen LogP) is 4.64. The van der Waals surface area contributed by atoms with Crippen molar-refractivity contribution in [2.45, 2.75) is 13.8 Å². The van der Waals surface area contributed by atoms with E-state index in [2.05, 4.69) is 15.3 Å².